The molecule has 80 valence electrons. The average Bonchev–Trinajstić information content (AvgIpc) is 2.44. The van der Waals surface area contributed by atoms with Gasteiger partial charge in [0.15, 0.2) is 0 Å². The number of nitrogens with one attached hydrogen (secondary N) is 2. The highest BCUT2D eigenvalue weighted by atomic mass is 16.3. The molecule has 14 heavy (non-hydrogen) atoms. The Kier molecular flexibility index (Phi) is 4.10. The Balaban J connectivity index is 2.45. The van der Waals surface area contributed by atoms with Gasteiger partial charge in [0.25, 0.3) is 0 Å². The van der Waals surface area contributed by atoms with Gasteiger partial charge in [0.05, 0.1) is 5.69 Å². The zero-order chi connectivity index (χ0) is 10.6. The number of aromatic nitrogens is 2. The Morgan fingerprint density at radius 3 is 2.71 bits per heavy atom. The molecule has 1 heterocycles. The van der Waals surface area contributed by atoms with Crippen LogP contribution in [0.3, 0.4) is 0 Å². The molecular weight excluding hydrogens is 178 g/mol. The van der Waals surface area contributed by atoms with E-state index in [0.717, 1.165) is 24.4 Å². The minimum Gasteiger partial charge on any atom is -0.396 e. The van der Waals surface area contributed by atoms with E-state index in [1.807, 2.05) is 13.8 Å². The van der Waals surface area contributed by atoms with Crippen molar-refractivity contribution in [1.82, 2.24) is 15.5 Å². The second kappa shape index (κ2) is 5.12. The molecule has 0 spiro atoms. The Hall–Kier alpha value is -0.870. The SMILES string of the molecule is Cc1n[nH]c(C)c1CN[C@H](C)CCO. The molecule has 0 saturated carbocycles. The van der Waals surface area contributed by atoms with Crippen molar-refractivity contribution in [2.24, 2.45) is 0 Å². The zero-order valence-electron chi connectivity index (χ0n) is 9.09. The van der Waals surface area contributed by atoms with Crippen LogP contribution in [0.5, 0.6) is 0 Å². The molecule has 0 bridgehead atoms. The van der Waals surface area contributed by atoms with Gasteiger partial charge in [0.2, 0.25) is 0 Å². The molecule has 1 aromatic heterocycles. The van der Waals surface area contributed by atoms with Crippen molar-refractivity contribution in [3.8, 4) is 0 Å². The Labute approximate surface area is 84.7 Å². The van der Waals surface area contributed by atoms with Crippen LogP contribution in [0.4, 0.5) is 0 Å². The number of aryl methyl sites for hydroxylation is 2. The summed E-state index contributed by atoms with van der Waals surface area (Å²) in [5.41, 5.74) is 3.40. The summed E-state index contributed by atoms with van der Waals surface area (Å²) in [6.45, 7) is 7.14. The topological polar surface area (TPSA) is 60.9 Å². The number of aromatic amines is 1. The van der Waals surface area contributed by atoms with Crippen molar-refractivity contribution >= 4 is 0 Å². The molecule has 0 fully saturated rings. The minimum atomic E-state index is 0.234. The highest BCUT2D eigenvalue weighted by Crippen LogP contribution is 2.08. The summed E-state index contributed by atoms with van der Waals surface area (Å²) in [5, 5.41) is 19.2. The summed E-state index contributed by atoms with van der Waals surface area (Å²) >= 11 is 0. The summed E-state index contributed by atoms with van der Waals surface area (Å²) in [4.78, 5) is 0. The van der Waals surface area contributed by atoms with Gasteiger partial charge in [-0.1, -0.05) is 0 Å². The number of hydrogen-bond donors (Lipinski definition) is 3. The fourth-order valence-electron chi connectivity index (χ4n) is 1.41. The number of aliphatic hydroxyl groups excluding tert-OH is 1. The van der Waals surface area contributed by atoms with Crippen molar-refractivity contribution in [2.75, 3.05) is 6.61 Å². The molecule has 0 unspecified atom stereocenters. The summed E-state index contributed by atoms with van der Waals surface area (Å²) in [6, 6.07) is 0.341. The van der Waals surface area contributed by atoms with E-state index in [2.05, 4.69) is 22.4 Å². The van der Waals surface area contributed by atoms with Crippen LogP contribution in [0.2, 0.25) is 0 Å². The van der Waals surface area contributed by atoms with Gasteiger partial charge >= 0.3 is 0 Å². The first-order valence-electron chi connectivity index (χ1n) is 4.99. The number of aliphatic hydroxyl groups is 1. The van der Waals surface area contributed by atoms with Crippen molar-refractivity contribution in [2.45, 2.75) is 39.8 Å². The second-order valence-electron chi connectivity index (χ2n) is 3.71. The summed E-state index contributed by atoms with van der Waals surface area (Å²) in [7, 11) is 0. The fourth-order valence-corrected chi connectivity index (χ4v) is 1.41. The number of nitrogens with zero attached hydrogens (tertiary/aromatic N) is 1. The summed E-state index contributed by atoms with van der Waals surface area (Å²) < 4.78 is 0. The van der Waals surface area contributed by atoms with Crippen LogP contribution in [0.25, 0.3) is 0 Å². The van der Waals surface area contributed by atoms with Crippen LogP contribution >= 0.6 is 0 Å². The average molecular weight is 197 g/mol. The minimum absolute atomic E-state index is 0.234. The quantitative estimate of drug-likeness (QED) is 0.657. The predicted octanol–water partition coefficient (Wildman–Crippen LogP) is 0.887. The smallest absolute Gasteiger partial charge is 0.0638 e. The van der Waals surface area contributed by atoms with Crippen LogP contribution in [0.1, 0.15) is 30.3 Å². The standard InChI is InChI=1S/C10H19N3O/c1-7(4-5-14)11-6-10-8(2)12-13-9(10)3/h7,11,14H,4-6H2,1-3H3,(H,12,13)/t7-/m1/s1. The fraction of sp³-hybridized carbons (Fsp3) is 0.700. The van der Waals surface area contributed by atoms with Crippen LogP contribution in [0.15, 0.2) is 0 Å². The molecule has 3 N–H and O–H groups in total. The third kappa shape index (κ3) is 2.82. The lowest BCUT2D eigenvalue weighted by molar-refractivity contribution is 0.268. The molecule has 0 saturated heterocycles. The van der Waals surface area contributed by atoms with Crippen LogP contribution in [0, 0.1) is 13.8 Å². The molecule has 0 radical (unpaired) electrons. The molecule has 4 nitrogen and oxygen atoms in total. The zero-order valence-corrected chi connectivity index (χ0v) is 9.09. The number of hydrogen-bond acceptors (Lipinski definition) is 3. The maximum atomic E-state index is 8.74. The van der Waals surface area contributed by atoms with E-state index in [9.17, 15) is 0 Å². The van der Waals surface area contributed by atoms with Gasteiger partial charge in [-0.15, -0.1) is 0 Å². The maximum Gasteiger partial charge on any atom is 0.0638 e. The molecular formula is C10H19N3O. The van der Waals surface area contributed by atoms with E-state index < -0.39 is 0 Å². The van der Waals surface area contributed by atoms with Gasteiger partial charge in [0, 0.05) is 30.5 Å². The number of H-pyrrole nitrogens is 1. The van der Waals surface area contributed by atoms with Gasteiger partial charge in [0.1, 0.15) is 0 Å². The third-order valence-electron chi connectivity index (χ3n) is 2.47. The molecule has 0 aliphatic carbocycles. The summed E-state index contributed by atoms with van der Waals surface area (Å²) in [5.74, 6) is 0. The first-order chi connectivity index (χ1) is 6.65. The molecule has 1 aromatic rings. The largest absolute Gasteiger partial charge is 0.396 e. The van der Waals surface area contributed by atoms with E-state index in [1.165, 1.54) is 5.56 Å². The first-order valence-corrected chi connectivity index (χ1v) is 4.99. The van der Waals surface area contributed by atoms with E-state index in [-0.39, 0.29) is 6.61 Å². The highest BCUT2D eigenvalue weighted by Gasteiger charge is 2.07. The third-order valence-corrected chi connectivity index (χ3v) is 2.47. The van der Waals surface area contributed by atoms with E-state index in [1.54, 1.807) is 0 Å². The normalized spacial score (nSPS) is 13.1. The molecule has 1 atom stereocenters. The van der Waals surface area contributed by atoms with Crippen molar-refractivity contribution in [3.05, 3.63) is 17.0 Å². The molecule has 4 heteroatoms. The van der Waals surface area contributed by atoms with Crippen LogP contribution in [-0.4, -0.2) is 28.0 Å². The van der Waals surface area contributed by atoms with Crippen molar-refractivity contribution in [1.29, 1.82) is 0 Å². The van der Waals surface area contributed by atoms with E-state index in [4.69, 9.17) is 5.11 Å². The maximum absolute atomic E-state index is 8.74. The molecule has 0 aliphatic rings. The Bertz CT molecular complexity index is 263. The summed E-state index contributed by atoms with van der Waals surface area (Å²) in [6.07, 6.45) is 0.788. The predicted molar refractivity (Wildman–Crippen MR) is 56.1 cm³/mol. The Morgan fingerprint density at radius 2 is 2.21 bits per heavy atom. The molecule has 1 rings (SSSR count). The van der Waals surface area contributed by atoms with Gasteiger partial charge in [-0.25, -0.2) is 0 Å². The van der Waals surface area contributed by atoms with Crippen LogP contribution < -0.4 is 5.32 Å². The highest BCUT2D eigenvalue weighted by molar-refractivity contribution is 5.22. The lowest BCUT2D eigenvalue weighted by atomic mass is 10.2. The van der Waals surface area contributed by atoms with Gasteiger partial charge in [-0.3, -0.25) is 5.10 Å². The van der Waals surface area contributed by atoms with E-state index in [0.29, 0.717) is 6.04 Å². The number of rotatable bonds is 5. The first kappa shape index (κ1) is 11.2. The molecule has 0 amide bonds. The van der Waals surface area contributed by atoms with Crippen molar-refractivity contribution in [3.63, 3.8) is 0 Å². The molecule has 0 aromatic carbocycles. The molecule has 0 aliphatic heterocycles. The van der Waals surface area contributed by atoms with E-state index >= 15 is 0 Å². The van der Waals surface area contributed by atoms with Gasteiger partial charge < -0.3 is 10.4 Å². The Morgan fingerprint density at radius 1 is 1.50 bits per heavy atom. The lowest BCUT2D eigenvalue weighted by Gasteiger charge is -2.12. The monoisotopic (exact) mass is 197 g/mol. The van der Waals surface area contributed by atoms with Gasteiger partial charge in [-0.05, 0) is 27.2 Å². The van der Waals surface area contributed by atoms with Crippen LogP contribution in [-0.2, 0) is 6.54 Å². The second-order valence-corrected chi connectivity index (χ2v) is 3.71. The van der Waals surface area contributed by atoms with Gasteiger partial charge in [-0.2, -0.15) is 5.10 Å². The lowest BCUT2D eigenvalue weighted by Crippen LogP contribution is -2.26. The van der Waals surface area contributed by atoms with Crippen molar-refractivity contribution < 1.29 is 5.11 Å².